The molecule has 5 aromatic carbocycles. The van der Waals surface area contributed by atoms with Crippen LogP contribution in [0.1, 0.15) is 57.4 Å². The molecule has 0 radical (unpaired) electrons. The van der Waals surface area contributed by atoms with Crippen molar-refractivity contribution < 1.29 is 33.2 Å². The molecule has 0 saturated heterocycles. The number of amides is 2. The molecule has 5 aromatic rings. The fourth-order valence-corrected chi connectivity index (χ4v) is 8.52. The summed E-state index contributed by atoms with van der Waals surface area (Å²) in [5, 5.41) is 5.84. The van der Waals surface area contributed by atoms with Crippen LogP contribution in [0.25, 0.3) is 0 Å². The predicted octanol–water partition coefficient (Wildman–Crippen LogP) is 8.42. The summed E-state index contributed by atoms with van der Waals surface area (Å²) in [7, 11) is 9.38. The maximum atomic E-state index is 12.4. The highest BCUT2D eigenvalue weighted by Crippen LogP contribution is 2.52. The third-order valence-corrected chi connectivity index (χ3v) is 11.8. The topological polar surface area (TPSA) is 103 Å². The number of hydrogen-bond acceptors (Lipinski definition) is 9. The first-order valence-corrected chi connectivity index (χ1v) is 20.5. The lowest BCUT2D eigenvalue weighted by Gasteiger charge is -2.37. The molecule has 4 aliphatic heterocycles. The number of nitrogens with zero attached hydrogens (tertiary/aromatic N) is 2. The van der Waals surface area contributed by atoms with Crippen LogP contribution < -0.4 is 39.1 Å². The Labute approximate surface area is 347 Å². The fourth-order valence-electron chi connectivity index (χ4n) is 8.52. The number of hydrogen-bond donors (Lipinski definition) is 2. The molecule has 2 N–H and O–H groups in total. The standard InChI is InChI=1S/C48H54N4O7/c1-51-21-18-34-27-41(54-3)43-29-37(34)38(51)24-31-12-15-36(16-13-31)58-42-26-33(14-17-40(42)57-23-9-20-49-48(53)50-30-32-10-7-6-8-11-32)25-39-45-35(19-22-52(39)2)28-44(55-4)46(56-5)47(45)59-43/h6-8,10-17,26-29,38-39H,9,18-25,30H2,1-5H3,(H2,49,50,53)/t38-,39+/m0/s1. The third kappa shape index (κ3) is 8.77. The van der Waals surface area contributed by atoms with Gasteiger partial charge in [0.1, 0.15) is 5.75 Å². The number of ether oxygens (including phenoxy) is 6. The molecule has 0 aliphatic carbocycles. The van der Waals surface area contributed by atoms with Crippen LogP contribution in [0.5, 0.6) is 46.0 Å². The van der Waals surface area contributed by atoms with Crippen LogP contribution in [-0.4, -0.2) is 77.5 Å². The van der Waals surface area contributed by atoms with Crippen molar-refractivity contribution in [1.29, 1.82) is 0 Å². The molecule has 59 heavy (non-hydrogen) atoms. The van der Waals surface area contributed by atoms with Gasteiger partial charge >= 0.3 is 6.03 Å². The zero-order valence-electron chi connectivity index (χ0n) is 34.6. The number of urea groups is 1. The lowest BCUT2D eigenvalue weighted by atomic mass is 9.87. The second-order valence-corrected chi connectivity index (χ2v) is 15.5. The van der Waals surface area contributed by atoms with Gasteiger partial charge in [-0.3, -0.25) is 9.80 Å². The molecule has 0 unspecified atom stereocenters. The summed E-state index contributed by atoms with van der Waals surface area (Å²) in [5.41, 5.74) is 8.01. The molecule has 0 saturated carbocycles. The number of nitrogens with one attached hydrogen (secondary N) is 2. The maximum absolute atomic E-state index is 12.4. The second kappa shape index (κ2) is 17.9. The van der Waals surface area contributed by atoms with Gasteiger partial charge in [-0.05, 0) is 122 Å². The molecular weight excluding hydrogens is 745 g/mol. The minimum Gasteiger partial charge on any atom is -0.493 e. The van der Waals surface area contributed by atoms with Crippen LogP contribution in [0.2, 0.25) is 0 Å². The van der Waals surface area contributed by atoms with Crippen molar-refractivity contribution >= 4 is 6.03 Å². The highest BCUT2D eigenvalue weighted by Gasteiger charge is 2.35. The molecule has 9 rings (SSSR count). The van der Waals surface area contributed by atoms with Crippen molar-refractivity contribution in [3.8, 4) is 46.0 Å². The molecule has 4 aliphatic rings. The van der Waals surface area contributed by atoms with Gasteiger partial charge < -0.3 is 39.1 Å². The van der Waals surface area contributed by atoms with E-state index in [0.29, 0.717) is 72.8 Å². The molecule has 6 bridgehead atoms. The molecular formula is C48H54N4O7. The molecule has 0 aromatic heterocycles. The number of methoxy groups -OCH3 is 3. The van der Waals surface area contributed by atoms with E-state index in [1.807, 2.05) is 48.5 Å². The monoisotopic (exact) mass is 798 g/mol. The van der Waals surface area contributed by atoms with Crippen molar-refractivity contribution in [3.63, 3.8) is 0 Å². The van der Waals surface area contributed by atoms with Crippen LogP contribution in [0.15, 0.2) is 91.0 Å². The van der Waals surface area contributed by atoms with Crippen LogP contribution >= 0.6 is 0 Å². The maximum Gasteiger partial charge on any atom is 0.315 e. The summed E-state index contributed by atoms with van der Waals surface area (Å²) in [6.07, 6.45) is 3.84. The van der Waals surface area contributed by atoms with Crippen molar-refractivity contribution in [3.05, 3.63) is 130 Å². The van der Waals surface area contributed by atoms with E-state index < -0.39 is 0 Å². The van der Waals surface area contributed by atoms with Crippen molar-refractivity contribution in [2.75, 3.05) is 61.7 Å². The third-order valence-electron chi connectivity index (χ3n) is 11.8. The van der Waals surface area contributed by atoms with Gasteiger partial charge in [0.15, 0.2) is 34.5 Å². The van der Waals surface area contributed by atoms with Crippen LogP contribution in [-0.2, 0) is 32.2 Å². The van der Waals surface area contributed by atoms with Crippen molar-refractivity contribution in [2.24, 2.45) is 0 Å². The summed E-state index contributed by atoms with van der Waals surface area (Å²) in [6, 6.07) is 30.6. The Balaban J connectivity index is 1.13. The number of likely N-dealkylation sites (N-methyl/N-ethyl adjacent to an activating group) is 2. The summed E-state index contributed by atoms with van der Waals surface area (Å²) >= 11 is 0. The van der Waals surface area contributed by atoms with Crippen molar-refractivity contribution in [2.45, 2.75) is 50.7 Å². The fraction of sp³-hybridized carbons (Fsp3) is 0.354. The zero-order chi connectivity index (χ0) is 40.9. The first-order chi connectivity index (χ1) is 28.8. The van der Waals surface area contributed by atoms with Gasteiger partial charge in [-0.1, -0.05) is 48.5 Å². The Bertz CT molecular complexity index is 2270. The lowest BCUT2D eigenvalue weighted by Crippen LogP contribution is -2.35. The molecule has 11 nitrogen and oxygen atoms in total. The summed E-state index contributed by atoms with van der Waals surface area (Å²) in [4.78, 5) is 17.2. The molecule has 11 heteroatoms. The van der Waals surface area contributed by atoms with E-state index in [2.05, 4.69) is 77.0 Å². The summed E-state index contributed by atoms with van der Waals surface area (Å²) < 4.78 is 38.1. The lowest BCUT2D eigenvalue weighted by molar-refractivity contribution is 0.220. The molecule has 2 atom stereocenters. The van der Waals surface area contributed by atoms with Gasteiger partial charge in [-0.25, -0.2) is 4.79 Å². The SMILES string of the molecule is COc1cc2c3cc1Oc1c(OC)c(OC)cc4c1[C@@H](Cc1ccc(OCCCNC(=O)NCc5ccccc5)c(c1)Oc1ccc(cc1)C[C@@H]3N(C)CC2)N(C)CC4. The number of rotatable bonds is 10. The zero-order valence-corrected chi connectivity index (χ0v) is 34.6. The molecule has 0 fully saturated rings. The Morgan fingerprint density at radius 1 is 0.712 bits per heavy atom. The van der Waals surface area contributed by atoms with Gasteiger partial charge in [0.05, 0.1) is 27.9 Å². The van der Waals surface area contributed by atoms with E-state index in [0.717, 1.165) is 60.4 Å². The smallest absolute Gasteiger partial charge is 0.315 e. The van der Waals surface area contributed by atoms with Crippen molar-refractivity contribution in [1.82, 2.24) is 20.4 Å². The highest BCUT2D eigenvalue weighted by molar-refractivity contribution is 5.73. The number of carbonyl (C=O) groups is 1. The Morgan fingerprint density at radius 3 is 2.17 bits per heavy atom. The first kappa shape index (κ1) is 39.9. The molecule has 2 amide bonds. The van der Waals surface area contributed by atoms with Gasteiger partial charge in [0.2, 0.25) is 5.75 Å². The number of fused-ring (bicyclic) bond motifs is 2. The second-order valence-electron chi connectivity index (χ2n) is 15.5. The minimum atomic E-state index is -0.210. The average Bonchev–Trinajstić information content (AvgIpc) is 3.25. The average molecular weight is 799 g/mol. The molecule has 308 valence electrons. The van der Waals surface area contributed by atoms with E-state index >= 15 is 0 Å². The number of benzene rings is 5. The summed E-state index contributed by atoms with van der Waals surface area (Å²) in [6.45, 7) is 3.13. The highest BCUT2D eigenvalue weighted by atomic mass is 16.5. The Hall–Kier alpha value is -5.91. The van der Waals surface area contributed by atoms with Gasteiger partial charge in [0, 0.05) is 43.8 Å². The molecule has 0 spiro atoms. The van der Waals surface area contributed by atoms with E-state index in [1.165, 1.54) is 16.7 Å². The number of carbonyl (C=O) groups excluding carboxylic acids is 1. The summed E-state index contributed by atoms with van der Waals surface area (Å²) in [5.74, 6) is 5.13. The van der Waals surface area contributed by atoms with Gasteiger partial charge in [-0.2, -0.15) is 0 Å². The Morgan fingerprint density at radius 2 is 1.41 bits per heavy atom. The van der Waals surface area contributed by atoms with Gasteiger partial charge in [0.25, 0.3) is 0 Å². The predicted molar refractivity (Wildman–Crippen MR) is 228 cm³/mol. The van der Waals surface area contributed by atoms with E-state index in [4.69, 9.17) is 28.4 Å². The molecule has 4 heterocycles. The quantitative estimate of drug-likeness (QED) is 0.135. The first-order valence-electron chi connectivity index (χ1n) is 20.5. The van der Waals surface area contributed by atoms with Crippen LogP contribution in [0.3, 0.4) is 0 Å². The van der Waals surface area contributed by atoms with E-state index in [1.54, 1.807) is 21.3 Å². The minimum absolute atomic E-state index is 0.0621. The van der Waals surface area contributed by atoms with E-state index in [-0.39, 0.29) is 18.1 Å². The van der Waals surface area contributed by atoms with Gasteiger partial charge in [-0.15, -0.1) is 0 Å². The largest absolute Gasteiger partial charge is 0.493 e. The van der Waals surface area contributed by atoms with E-state index in [9.17, 15) is 4.79 Å². The van der Waals surface area contributed by atoms with Crippen LogP contribution in [0.4, 0.5) is 4.79 Å². The normalized spacial score (nSPS) is 17.3. The van der Waals surface area contributed by atoms with Crippen LogP contribution in [0, 0.1) is 0 Å². The Kier molecular flexibility index (Phi) is 12.1.